The number of aliphatic hydroxyl groups excluding tert-OH is 1. The van der Waals surface area contributed by atoms with Gasteiger partial charge in [0.05, 0.1) is 16.7 Å². The van der Waals surface area contributed by atoms with E-state index in [9.17, 15) is 18.7 Å². The average Bonchev–Trinajstić information content (AvgIpc) is 3.31. The number of primary amides is 1. The molecule has 0 spiro atoms. The number of amides is 1. The SMILES string of the molecule is CC1(NC[C@@]2(c3ccccc3)Cc3c(cc(F)c(Cl)c3-c3c(C(N)=O)ccc(OC(F)F)c3F)O2)CCC(O)CC1. The van der Waals surface area contributed by atoms with E-state index >= 15 is 8.78 Å². The van der Waals surface area contributed by atoms with Crippen molar-refractivity contribution >= 4 is 17.5 Å². The van der Waals surface area contributed by atoms with Crippen LogP contribution in [0, 0.1) is 11.6 Å². The minimum atomic E-state index is -3.35. The number of carbonyl (C=O) groups excluding carboxylic acids is 1. The van der Waals surface area contributed by atoms with Crippen LogP contribution in [0.25, 0.3) is 11.1 Å². The number of hydrogen-bond donors (Lipinski definition) is 3. The standard InChI is InChI=1S/C30H29ClF4N2O4/c1-29(11-9-17(38)10-12-29)37-15-30(16-5-3-2-4-6-16)14-19-22(41-30)13-20(32)25(31)23(19)24-18(27(36)39)7-8-21(26(24)33)40-28(34)35/h2-8,13,17,28,37-38H,9-12,14-15H2,1H3,(H2,36,39)/t17?,29?,30-/m1/s1. The summed E-state index contributed by atoms with van der Waals surface area (Å²) >= 11 is 6.41. The van der Waals surface area contributed by atoms with E-state index in [1.807, 2.05) is 30.3 Å². The second-order valence-corrected chi connectivity index (χ2v) is 11.2. The Kier molecular flexibility index (Phi) is 7.93. The third-order valence-electron chi connectivity index (χ3n) is 8.05. The highest BCUT2D eigenvalue weighted by Crippen LogP contribution is 2.51. The largest absolute Gasteiger partial charge is 0.480 e. The van der Waals surface area contributed by atoms with Crippen molar-refractivity contribution in [3.05, 3.63) is 81.9 Å². The van der Waals surface area contributed by atoms with Gasteiger partial charge in [-0.15, -0.1) is 0 Å². The maximum atomic E-state index is 15.8. The van der Waals surface area contributed by atoms with Crippen LogP contribution in [0.5, 0.6) is 11.5 Å². The first kappa shape index (κ1) is 29.2. The highest BCUT2D eigenvalue weighted by atomic mass is 35.5. The quantitative estimate of drug-likeness (QED) is 0.275. The Bertz CT molecular complexity index is 1460. The number of halogens is 5. The maximum absolute atomic E-state index is 15.8. The van der Waals surface area contributed by atoms with Crippen LogP contribution in [0.2, 0.25) is 5.02 Å². The van der Waals surface area contributed by atoms with E-state index in [-0.39, 0.29) is 47.0 Å². The Balaban J connectivity index is 1.64. The van der Waals surface area contributed by atoms with Gasteiger partial charge in [0, 0.05) is 41.3 Å². The van der Waals surface area contributed by atoms with Crippen molar-refractivity contribution in [2.24, 2.45) is 5.73 Å². The average molecular weight is 593 g/mol. The summed E-state index contributed by atoms with van der Waals surface area (Å²) in [5.41, 5.74) is 3.97. The number of hydrogen-bond acceptors (Lipinski definition) is 5. The topological polar surface area (TPSA) is 93.8 Å². The van der Waals surface area contributed by atoms with Gasteiger partial charge >= 0.3 is 6.61 Å². The van der Waals surface area contributed by atoms with E-state index in [1.165, 1.54) is 0 Å². The van der Waals surface area contributed by atoms with Crippen molar-refractivity contribution in [3.63, 3.8) is 0 Å². The molecule has 4 N–H and O–H groups in total. The molecule has 1 saturated carbocycles. The van der Waals surface area contributed by atoms with Gasteiger partial charge in [-0.1, -0.05) is 41.9 Å². The van der Waals surface area contributed by atoms with Crippen LogP contribution < -0.4 is 20.5 Å². The summed E-state index contributed by atoms with van der Waals surface area (Å²) in [7, 11) is 0. The molecule has 1 atom stereocenters. The molecule has 0 radical (unpaired) electrons. The number of benzene rings is 3. The molecule has 1 aliphatic heterocycles. The Morgan fingerprint density at radius 2 is 1.85 bits per heavy atom. The molecule has 0 unspecified atom stereocenters. The Labute approximate surface area is 239 Å². The second kappa shape index (κ2) is 11.2. The molecule has 6 nitrogen and oxygen atoms in total. The lowest BCUT2D eigenvalue weighted by Crippen LogP contribution is -2.53. The molecule has 1 aliphatic carbocycles. The zero-order valence-corrected chi connectivity index (χ0v) is 22.9. The van der Waals surface area contributed by atoms with E-state index in [0.29, 0.717) is 12.8 Å². The fourth-order valence-corrected chi connectivity index (χ4v) is 6.03. The lowest BCUT2D eigenvalue weighted by atomic mass is 9.80. The number of ether oxygens (including phenoxy) is 2. The summed E-state index contributed by atoms with van der Waals surface area (Å²) in [5.74, 6) is -4.15. The minimum Gasteiger partial charge on any atom is -0.480 e. The monoisotopic (exact) mass is 592 g/mol. The number of rotatable bonds is 8. The van der Waals surface area contributed by atoms with Crippen LogP contribution in [-0.4, -0.2) is 35.8 Å². The number of alkyl halides is 2. The van der Waals surface area contributed by atoms with Crippen molar-refractivity contribution in [3.8, 4) is 22.6 Å². The molecule has 1 heterocycles. The summed E-state index contributed by atoms with van der Waals surface area (Å²) in [5, 5.41) is 13.1. The van der Waals surface area contributed by atoms with Crippen LogP contribution in [0.4, 0.5) is 17.6 Å². The van der Waals surface area contributed by atoms with Crippen molar-refractivity contribution in [1.29, 1.82) is 0 Å². The van der Waals surface area contributed by atoms with Crippen LogP contribution in [-0.2, 0) is 12.0 Å². The molecule has 5 rings (SSSR count). The molecule has 1 amide bonds. The first-order valence-corrected chi connectivity index (χ1v) is 13.6. The fourth-order valence-electron chi connectivity index (χ4n) is 5.77. The number of nitrogens with one attached hydrogen (secondary N) is 1. The van der Waals surface area contributed by atoms with Crippen LogP contribution >= 0.6 is 11.6 Å². The molecule has 1 fully saturated rings. The summed E-state index contributed by atoms with van der Waals surface area (Å²) in [6, 6.07) is 12.2. The predicted octanol–water partition coefficient (Wildman–Crippen LogP) is 6.10. The third-order valence-corrected chi connectivity index (χ3v) is 8.42. The van der Waals surface area contributed by atoms with Gasteiger partial charge in [0.15, 0.2) is 17.2 Å². The molecule has 0 saturated heterocycles. The molecular formula is C30H29ClF4N2O4. The lowest BCUT2D eigenvalue weighted by Gasteiger charge is -2.40. The Morgan fingerprint density at radius 1 is 1.17 bits per heavy atom. The molecule has 3 aromatic rings. The summed E-state index contributed by atoms with van der Waals surface area (Å²) in [4.78, 5) is 12.3. The normalized spacial score (nSPS) is 23.8. The maximum Gasteiger partial charge on any atom is 0.387 e. The molecule has 0 bridgehead atoms. The Morgan fingerprint density at radius 3 is 2.49 bits per heavy atom. The zero-order chi connectivity index (χ0) is 29.5. The van der Waals surface area contributed by atoms with E-state index in [1.54, 1.807) is 0 Å². The van der Waals surface area contributed by atoms with Crippen molar-refractivity contribution in [2.75, 3.05) is 6.54 Å². The number of aliphatic hydroxyl groups is 1. The van der Waals surface area contributed by atoms with E-state index < -0.39 is 46.1 Å². The highest BCUT2D eigenvalue weighted by molar-refractivity contribution is 6.34. The first-order chi connectivity index (χ1) is 19.4. The molecule has 41 heavy (non-hydrogen) atoms. The van der Waals surface area contributed by atoms with Gasteiger partial charge in [0.25, 0.3) is 0 Å². The number of nitrogens with two attached hydrogens (primary N) is 1. The van der Waals surface area contributed by atoms with Gasteiger partial charge in [0.2, 0.25) is 5.91 Å². The van der Waals surface area contributed by atoms with Crippen molar-refractivity contribution in [1.82, 2.24) is 5.32 Å². The lowest BCUT2D eigenvalue weighted by molar-refractivity contribution is -0.0521. The van der Waals surface area contributed by atoms with Gasteiger partial charge in [0.1, 0.15) is 11.6 Å². The van der Waals surface area contributed by atoms with Gasteiger partial charge < -0.3 is 25.6 Å². The van der Waals surface area contributed by atoms with Gasteiger partial charge in [-0.25, -0.2) is 8.78 Å². The summed E-state index contributed by atoms with van der Waals surface area (Å²) in [6.07, 6.45) is 2.45. The predicted molar refractivity (Wildman–Crippen MR) is 145 cm³/mol. The highest BCUT2D eigenvalue weighted by Gasteiger charge is 2.45. The van der Waals surface area contributed by atoms with Gasteiger partial charge in [-0.05, 0) is 50.3 Å². The first-order valence-electron chi connectivity index (χ1n) is 13.2. The zero-order valence-electron chi connectivity index (χ0n) is 22.2. The smallest absolute Gasteiger partial charge is 0.387 e. The van der Waals surface area contributed by atoms with Gasteiger partial charge in [-0.2, -0.15) is 8.78 Å². The molecule has 0 aromatic heterocycles. The summed E-state index contributed by atoms with van der Waals surface area (Å²) in [6.45, 7) is -1.03. The van der Waals surface area contributed by atoms with Crippen LogP contribution in [0.1, 0.15) is 54.1 Å². The molecule has 11 heteroatoms. The van der Waals surface area contributed by atoms with Crippen molar-refractivity contribution < 1.29 is 36.9 Å². The molecule has 3 aromatic carbocycles. The van der Waals surface area contributed by atoms with E-state index in [0.717, 1.165) is 36.6 Å². The van der Waals surface area contributed by atoms with Crippen molar-refractivity contribution in [2.45, 2.75) is 62.9 Å². The van der Waals surface area contributed by atoms with E-state index in [2.05, 4.69) is 17.0 Å². The second-order valence-electron chi connectivity index (χ2n) is 10.9. The minimum absolute atomic E-state index is 0.0618. The Hall–Kier alpha value is -3.34. The third kappa shape index (κ3) is 5.60. The molecule has 218 valence electrons. The van der Waals surface area contributed by atoms with Gasteiger partial charge in [-0.3, -0.25) is 4.79 Å². The van der Waals surface area contributed by atoms with E-state index in [4.69, 9.17) is 22.1 Å². The fraction of sp³-hybridized carbons (Fsp3) is 0.367. The van der Waals surface area contributed by atoms with Crippen LogP contribution in [0.3, 0.4) is 0 Å². The summed E-state index contributed by atoms with van der Waals surface area (Å²) < 4.78 is 67.9. The van der Waals surface area contributed by atoms with Crippen LogP contribution in [0.15, 0.2) is 48.5 Å². The number of fused-ring (bicyclic) bond motifs is 1. The number of carbonyl (C=O) groups is 1. The molecular weight excluding hydrogens is 564 g/mol. The molecule has 2 aliphatic rings.